The highest BCUT2D eigenvalue weighted by Crippen LogP contribution is 2.38. The molecule has 0 radical (unpaired) electrons. The van der Waals surface area contributed by atoms with E-state index in [1.54, 1.807) is 31.0 Å². The van der Waals surface area contributed by atoms with Gasteiger partial charge in [-0.05, 0) is 18.2 Å². The van der Waals surface area contributed by atoms with Crippen LogP contribution in [0.2, 0.25) is 0 Å². The topological polar surface area (TPSA) is 76.4 Å². The lowest BCUT2D eigenvalue weighted by atomic mass is 10.0. The third-order valence-corrected chi connectivity index (χ3v) is 6.15. The van der Waals surface area contributed by atoms with Crippen LogP contribution in [0.15, 0.2) is 53.7 Å². The van der Waals surface area contributed by atoms with Crippen LogP contribution in [0.3, 0.4) is 0 Å². The van der Waals surface area contributed by atoms with Gasteiger partial charge in [0.25, 0.3) is 5.56 Å². The fourth-order valence-electron chi connectivity index (χ4n) is 4.63. The standard InChI is InChI=1S/C22H24N6O2/c1-26-21(29)9-18(17-7-8-23-14-24-17)25-22(26)28-12-15-10-27(11-16(15)13-28)19-5-3-4-6-20(19)30-2/h3-9,14-16H,10-13H2,1-2H3/t15-,16+. The van der Waals surface area contributed by atoms with E-state index >= 15 is 0 Å². The molecule has 8 nitrogen and oxygen atoms in total. The summed E-state index contributed by atoms with van der Waals surface area (Å²) in [7, 11) is 3.50. The molecule has 2 saturated heterocycles. The fourth-order valence-corrected chi connectivity index (χ4v) is 4.63. The zero-order chi connectivity index (χ0) is 20.7. The predicted molar refractivity (Wildman–Crippen MR) is 115 cm³/mol. The van der Waals surface area contributed by atoms with Crippen molar-refractivity contribution in [3.05, 3.63) is 59.3 Å². The second kappa shape index (κ2) is 7.44. The molecule has 2 fully saturated rings. The number of fused-ring (bicyclic) bond motifs is 1. The van der Waals surface area contributed by atoms with E-state index in [1.807, 2.05) is 12.1 Å². The summed E-state index contributed by atoms with van der Waals surface area (Å²) in [5.41, 5.74) is 2.31. The maximum Gasteiger partial charge on any atom is 0.255 e. The molecule has 2 aliphatic rings. The van der Waals surface area contributed by atoms with Gasteiger partial charge < -0.3 is 14.5 Å². The summed E-state index contributed by atoms with van der Waals surface area (Å²) in [4.78, 5) is 30.2. The van der Waals surface area contributed by atoms with E-state index in [0.717, 1.165) is 37.6 Å². The molecule has 2 aromatic heterocycles. The Kier molecular flexibility index (Phi) is 4.61. The summed E-state index contributed by atoms with van der Waals surface area (Å²) in [6.45, 7) is 3.70. The Bertz CT molecular complexity index is 1100. The number of benzene rings is 1. The normalized spacial score (nSPS) is 20.5. The van der Waals surface area contributed by atoms with Crippen LogP contribution < -0.4 is 20.1 Å². The van der Waals surface area contributed by atoms with Crippen molar-refractivity contribution in [2.75, 3.05) is 43.1 Å². The molecule has 0 saturated carbocycles. The van der Waals surface area contributed by atoms with Gasteiger partial charge in [0, 0.05) is 57.3 Å². The van der Waals surface area contributed by atoms with Crippen molar-refractivity contribution in [1.82, 2.24) is 19.5 Å². The molecule has 0 spiro atoms. The largest absolute Gasteiger partial charge is 0.495 e. The van der Waals surface area contributed by atoms with Gasteiger partial charge in [-0.15, -0.1) is 0 Å². The molecule has 0 amide bonds. The lowest BCUT2D eigenvalue weighted by Gasteiger charge is -2.26. The highest BCUT2D eigenvalue weighted by atomic mass is 16.5. The first kappa shape index (κ1) is 18.6. The summed E-state index contributed by atoms with van der Waals surface area (Å²) in [6, 6.07) is 11.5. The van der Waals surface area contributed by atoms with Gasteiger partial charge >= 0.3 is 0 Å². The smallest absolute Gasteiger partial charge is 0.255 e. The van der Waals surface area contributed by atoms with E-state index in [0.29, 0.717) is 29.2 Å². The number of aromatic nitrogens is 4. The molecule has 154 valence electrons. The lowest BCUT2D eigenvalue weighted by molar-refractivity contribution is 0.414. The van der Waals surface area contributed by atoms with Crippen LogP contribution >= 0.6 is 0 Å². The zero-order valence-electron chi connectivity index (χ0n) is 17.1. The van der Waals surface area contributed by atoms with Crippen molar-refractivity contribution >= 4 is 11.6 Å². The van der Waals surface area contributed by atoms with Crippen molar-refractivity contribution in [2.24, 2.45) is 18.9 Å². The number of anilines is 2. The number of para-hydroxylation sites is 2. The summed E-state index contributed by atoms with van der Waals surface area (Å²) >= 11 is 0. The van der Waals surface area contributed by atoms with Gasteiger partial charge in [0.1, 0.15) is 12.1 Å². The van der Waals surface area contributed by atoms with Crippen LogP contribution in [-0.2, 0) is 7.05 Å². The van der Waals surface area contributed by atoms with Crippen LogP contribution in [0.1, 0.15) is 0 Å². The van der Waals surface area contributed by atoms with Gasteiger partial charge in [-0.2, -0.15) is 0 Å². The molecule has 8 heteroatoms. The molecular formula is C22H24N6O2. The Hall–Kier alpha value is -3.42. The Labute approximate surface area is 174 Å². The maximum atomic E-state index is 12.6. The summed E-state index contributed by atoms with van der Waals surface area (Å²) in [5.74, 6) is 2.66. The minimum atomic E-state index is -0.0821. The van der Waals surface area contributed by atoms with Crippen LogP contribution in [0, 0.1) is 11.8 Å². The monoisotopic (exact) mass is 404 g/mol. The molecule has 2 aliphatic heterocycles. The Morgan fingerprint density at radius 3 is 2.43 bits per heavy atom. The summed E-state index contributed by atoms with van der Waals surface area (Å²) in [6.07, 6.45) is 3.13. The predicted octanol–water partition coefficient (Wildman–Crippen LogP) is 1.82. The fraction of sp³-hybridized carbons (Fsp3) is 0.364. The van der Waals surface area contributed by atoms with Gasteiger partial charge in [0.05, 0.1) is 24.2 Å². The van der Waals surface area contributed by atoms with Crippen molar-refractivity contribution in [3.63, 3.8) is 0 Å². The van der Waals surface area contributed by atoms with Crippen molar-refractivity contribution in [3.8, 4) is 17.1 Å². The number of hydrogen-bond acceptors (Lipinski definition) is 7. The first-order valence-corrected chi connectivity index (χ1v) is 10.1. The number of ether oxygens (including phenoxy) is 1. The summed E-state index contributed by atoms with van der Waals surface area (Å²) in [5, 5.41) is 0. The molecule has 3 aromatic rings. The molecule has 2 atom stereocenters. The SMILES string of the molecule is COc1ccccc1N1C[C@@H]2CN(c3nc(-c4ccncn4)cc(=O)n3C)C[C@@H]2C1. The lowest BCUT2D eigenvalue weighted by Crippen LogP contribution is -2.33. The summed E-state index contributed by atoms with van der Waals surface area (Å²) < 4.78 is 7.17. The second-order valence-electron chi connectivity index (χ2n) is 7.94. The first-order valence-electron chi connectivity index (χ1n) is 10.1. The Morgan fingerprint density at radius 1 is 1.00 bits per heavy atom. The number of rotatable bonds is 4. The third-order valence-electron chi connectivity index (χ3n) is 6.15. The molecule has 5 rings (SSSR count). The molecule has 0 bridgehead atoms. The molecule has 0 aliphatic carbocycles. The van der Waals surface area contributed by atoms with Gasteiger partial charge in [-0.3, -0.25) is 9.36 Å². The quantitative estimate of drug-likeness (QED) is 0.656. The molecule has 0 N–H and O–H groups in total. The zero-order valence-corrected chi connectivity index (χ0v) is 17.1. The van der Waals surface area contributed by atoms with Gasteiger partial charge in [-0.1, -0.05) is 12.1 Å². The Morgan fingerprint density at radius 2 is 1.73 bits per heavy atom. The van der Waals surface area contributed by atoms with Gasteiger partial charge in [0.15, 0.2) is 0 Å². The average Bonchev–Trinajstić information content (AvgIpc) is 3.35. The molecule has 30 heavy (non-hydrogen) atoms. The molecular weight excluding hydrogens is 380 g/mol. The number of nitrogens with zero attached hydrogens (tertiary/aromatic N) is 6. The van der Waals surface area contributed by atoms with E-state index in [9.17, 15) is 4.79 Å². The first-order chi connectivity index (χ1) is 14.6. The van der Waals surface area contributed by atoms with Crippen LogP contribution in [0.25, 0.3) is 11.4 Å². The van der Waals surface area contributed by atoms with E-state index in [4.69, 9.17) is 9.72 Å². The van der Waals surface area contributed by atoms with Gasteiger partial charge in [0.2, 0.25) is 5.95 Å². The second-order valence-corrected chi connectivity index (χ2v) is 7.94. The van der Waals surface area contributed by atoms with Crippen molar-refractivity contribution in [2.45, 2.75) is 0 Å². The highest BCUT2D eigenvalue weighted by molar-refractivity contribution is 5.60. The average molecular weight is 404 g/mol. The number of hydrogen-bond donors (Lipinski definition) is 0. The van der Waals surface area contributed by atoms with Crippen molar-refractivity contribution in [1.29, 1.82) is 0 Å². The highest BCUT2D eigenvalue weighted by Gasteiger charge is 2.41. The van der Waals surface area contributed by atoms with E-state index < -0.39 is 0 Å². The minimum Gasteiger partial charge on any atom is -0.495 e. The van der Waals surface area contributed by atoms with Crippen LogP contribution in [0.4, 0.5) is 11.6 Å². The molecule has 4 heterocycles. The van der Waals surface area contributed by atoms with Crippen molar-refractivity contribution < 1.29 is 4.74 Å². The van der Waals surface area contributed by atoms with Crippen LogP contribution in [-0.4, -0.2) is 52.8 Å². The van der Waals surface area contributed by atoms with E-state index in [-0.39, 0.29) is 5.56 Å². The molecule has 1 aromatic carbocycles. The van der Waals surface area contributed by atoms with E-state index in [2.05, 4.69) is 31.9 Å². The Balaban J connectivity index is 1.38. The van der Waals surface area contributed by atoms with Gasteiger partial charge in [-0.25, -0.2) is 15.0 Å². The maximum absolute atomic E-state index is 12.6. The van der Waals surface area contributed by atoms with Crippen LogP contribution in [0.5, 0.6) is 5.75 Å². The van der Waals surface area contributed by atoms with E-state index in [1.165, 1.54) is 12.4 Å². The minimum absolute atomic E-state index is 0.0821. The molecule has 0 unspecified atom stereocenters. The third kappa shape index (κ3) is 3.18. The number of methoxy groups -OCH3 is 1.